The summed E-state index contributed by atoms with van der Waals surface area (Å²) in [6, 6.07) is 4.27. The van der Waals surface area contributed by atoms with E-state index < -0.39 is 23.2 Å². The van der Waals surface area contributed by atoms with Crippen LogP contribution in [0.15, 0.2) is 33.5 Å². The molecule has 2 rings (SSSR count). The van der Waals surface area contributed by atoms with E-state index in [0.29, 0.717) is 0 Å². The Labute approximate surface area is 125 Å². The van der Waals surface area contributed by atoms with Crippen molar-refractivity contribution in [3.63, 3.8) is 0 Å². The Morgan fingerprint density at radius 1 is 1.35 bits per heavy atom. The SMILES string of the molecule is O=C(Nc1c(Cl)cc(F)cc1Br)c1cc(O)[nH]c(=O)c1. The summed E-state index contributed by atoms with van der Waals surface area (Å²) in [6.45, 7) is 0. The number of benzene rings is 1. The smallest absolute Gasteiger partial charge is 0.256 e. The van der Waals surface area contributed by atoms with Crippen LogP contribution in [0.5, 0.6) is 5.88 Å². The number of nitrogens with one attached hydrogen (secondary N) is 2. The van der Waals surface area contributed by atoms with Gasteiger partial charge in [0.1, 0.15) is 5.82 Å². The van der Waals surface area contributed by atoms with Gasteiger partial charge >= 0.3 is 0 Å². The summed E-state index contributed by atoms with van der Waals surface area (Å²) in [5.41, 5.74) is -0.518. The highest BCUT2D eigenvalue weighted by atomic mass is 79.9. The summed E-state index contributed by atoms with van der Waals surface area (Å²) in [5.74, 6) is -1.67. The lowest BCUT2D eigenvalue weighted by atomic mass is 10.2. The molecular formula is C12H7BrClFN2O3. The molecule has 1 amide bonds. The first-order chi connectivity index (χ1) is 9.36. The van der Waals surface area contributed by atoms with Crippen LogP contribution in [0, 0.1) is 5.82 Å². The molecule has 0 spiro atoms. The highest BCUT2D eigenvalue weighted by molar-refractivity contribution is 9.10. The van der Waals surface area contributed by atoms with Gasteiger partial charge in [-0.3, -0.25) is 14.6 Å². The number of carbonyl (C=O) groups is 1. The Morgan fingerprint density at radius 2 is 2.05 bits per heavy atom. The zero-order valence-electron chi connectivity index (χ0n) is 9.71. The average Bonchev–Trinajstić information content (AvgIpc) is 2.32. The zero-order chi connectivity index (χ0) is 14.9. The van der Waals surface area contributed by atoms with Gasteiger partial charge in [0.25, 0.3) is 11.5 Å². The van der Waals surface area contributed by atoms with E-state index in [1.54, 1.807) is 0 Å². The van der Waals surface area contributed by atoms with E-state index in [-0.39, 0.29) is 20.7 Å². The number of pyridine rings is 1. The molecule has 2 aromatic rings. The molecule has 0 saturated carbocycles. The molecule has 0 unspecified atom stereocenters. The van der Waals surface area contributed by atoms with Crippen molar-refractivity contribution >= 4 is 39.1 Å². The number of hydrogen-bond donors (Lipinski definition) is 3. The molecule has 1 heterocycles. The second-order valence-corrected chi connectivity index (χ2v) is 5.08. The largest absolute Gasteiger partial charge is 0.494 e. The molecule has 104 valence electrons. The normalized spacial score (nSPS) is 10.3. The van der Waals surface area contributed by atoms with Crippen molar-refractivity contribution in [1.82, 2.24) is 4.98 Å². The fraction of sp³-hybridized carbons (Fsp3) is 0. The van der Waals surface area contributed by atoms with Gasteiger partial charge in [-0.25, -0.2) is 4.39 Å². The van der Waals surface area contributed by atoms with Crippen LogP contribution in [0.4, 0.5) is 10.1 Å². The number of amides is 1. The van der Waals surface area contributed by atoms with Gasteiger partial charge in [-0.05, 0) is 28.1 Å². The van der Waals surface area contributed by atoms with Gasteiger partial charge in [-0.1, -0.05) is 11.6 Å². The van der Waals surface area contributed by atoms with Crippen LogP contribution >= 0.6 is 27.5 Å². The molecule has 0 aliphatic heterocycles. The monoisotopic (exact) mass is 360 g/mol. The van der Waals surface area contributed by atoms with E-state index in [0.717, 1.165) is 24.3 Å². The summed E-state index contributed by atoms with van der Waals surface area (Å²) in [4.78, 5) is 25.2. The van der Waals surface area contributed by atoms with Gasteiger partial charge in [0.05, 0.1) is 16.3 Å². The molecule has 0 saturated heterocycles. The van der Waals surface area contributed by atoms with Crippen LogP contribution in [-0.2, 0) is 0 Å². The molecule has 0 bridgehead atoms. The Morgan fingerprint density at radius 3 is 2.65 bits per heavy atom. The van der Waals surface area contributed by atoms with Crippen molar-refractivity contribution in [2.24, 2.45) is 0 Å². The lowest BCUT2D eigenvalue weighted by Crippen LogP contribution is -2.16. The molecule has 0 fully saturated rings. The zero-order valence-corrected chi connectivity index (χ0v) is 12.0. The minimum Gasteiger partial charge on any atom is -0.494 e. The molecule has 1 aromatic carbocycles. The first-order valence-corrected chi connectivity index (χ1v) is 6.43. The fourth-order valence-corrected chi connectivity index (χ4v) is 2.41. The fourth-order valence-electron chi connectivity index (χ4n) is 1.51. The second kappa shape index (κ2) is 5.64. The third-order valence-electron chi connectivity index (χ3n) is 2.34. The maximum atomic E-state index is 13.1. The molecule has 1 aromatic heterocycles. The standard InChI is InChI=1S/C12H7BrClFN2O3/c13-7-3-6(15)4-8(14)11(7)17-12(20)5-1-9(18)16-10(19)2-5/h1-4H,(H,17,20)(H2,16,18,19). The van der Waals surface area contributed by atoms with Gasteiger partial charge in [-0.2, -0.15) is 0 Å². The van der Waals surface area contributed by atoms with Crippen LogP contribution in [0.25, 0.3) is 0 Å². The Bertz CT molecular complexity index is 725. The number of H-pyrrole nitrogens is 1. The highest BCUT2D eigenvalue weighted by Gasteiger charge is 2.14. The minimum atomic E-state index is -0.666. The van der Waals surface area contributed by atoms with Crippen LogP contribution in [0.3, 0.4) is 0 Å². The number of aromatic nitrogens is 1. The van der Waals surface area contributed by atoms with Crippen molar-refractivity contribution in [2.45, 2.75) is 0 Å². The number of hydrogen-bond acceptors (Lipinski definition) is 3. The first kappa shape index (κ1) is 14.5. The lowest BCUT2D eigenvalue weighted by Gasteiger charge is -2.09. The Balaban J connectivity index is 2.35. The number of anilines is 1. The minimum absolute atomic E-state index is 0.000660. The average molecular weight is 362 g/mol. The number of halogens is 3. The van der Waals surface area contributed by atoms with Crippen LogP contribution in [-0.4, -0.2) is 16.0 Å². The van der Waals surface area contributed by atoms with Gasteiger partial charge in [0.2, 0.25) is 0 Å². The summed E-state index contributed by atoms with van der Waals surface area (Å²) in [5, 5.41) is 11.7. The number of carbonyl (C=O) groups excluding carboxylic acids is 1. The molecule has 8 heteroatoms. The van der Waals surface area contributed by atoms with Crippen LogP contribution in [0.2, 0.25) is 5.02 Å². The van der Waals surface area contributed by atoms with E-state index in [2.05, 4.69) is 26.2 Å². The van der Waals surface area contributed by atoms with E-state index in [4.69, 9.17) is 11.6 Å². The summed E-state index contributed by atoms with van der Waals surface area (Å²) in [6.07, 6.45) is 0. The summed E-state index contributed by atoms with van der Waals surface area (Å²) >= 11 is 8.90. The van der Waals surface area contributed by atoms with Crippen molar-refractivity contribution in [3.8, 4) is 5.88 Å². The molecule has 0 atom stereocenters. The number of rotatable bonds is 2. The van der Waals surface area contributed by atoms with Gasteiger partial charge < -0.3 is 10.4 Å². The molecule has 0 aliphatic rings. The van der Waals surface area contributed by atoms with Gasteiger partial charge in [0, 0.05) is 16.6 Å². The summed E-state index contributed by atoms with van der Waals surface area (Å²) < 4.78 is 13.3. The van der Waals surface area contributed by atoms with E-state index >= 15 is 0 Å². The lowest BCUT2D eigenvalue weighted by molar-refractivity contribution is 0.102. The Kier molecular flexibility index (Phi) is 4.10. The van der Waals surface area contributed by atoms with Gasteiger partial charge in [-0.15, -0.1) is 0 Å². The van der Waals surface area contributed by atoms with E-state index in [1.807, 2.05) is 0 Å². The molecule has 0 aliphatic carbocycles. The second-order valence-electron chi connectivity index (χ2n) is 3.82. The predicted octanol–water partition coefficient (Wildman–Crippen LogP) is 2.89. The molecule has 0 radical (unpaired) electrons. The summed E-state index contributed by atoms with van der Waals surface area (Å²) in [7, 11) is 0. The number of aromatic hydroxyl groups is 1. The third kappa shape index (κ3) is 3.17. The van der Waals surface area contributed by atoms with Crippen molar-refractivity contribution < 1.29 is 14.3 Å². The quantitative estimate of drug-likeness (QED) is 0.769. The number of aromatic amines is 1. The van der Waals surface area contributed by atoms with E-state index in [1.165, 1.54) is 0 Å². The first-order valence-electron chi connectivity index (χ1n) is 5.26. The van der Waals surface area contributed by atoms with Crippen LogP contribution < -0.4 is 10.9 Å². The molecule has 3 N–H and O–H groups in total. The van der Waals surface area contributed by atoms with Crippen molar-refractivity contribution in [3.05, 3.63) is 55.5 Å². The highest BCUT2D eigenvalue weighted by Crippen LogP contribution is 2.32. The molecule has 20 heavy (non-hydrogen) atoms. The van der Waals surface area contributed by atoms with Gasteiger partial charge in [0.15, 0.2) is 5.88 Å². The maximum absolute atomic E-state index is 13.1. The van der Waals surface area contributed by atoms with Crippen LogP contribution in [0.1, 0.15) is 10.4 Å². The third-order valence-corrected chi connectivity index (χ3v) is 3.26. The van der Waals surface area contributed by atoms with Crippen molar-refractivity contribution in [2.75, 3.05) is 5.32 Å². The maximum Gasteiger partial charge on any atom is 0.256 e. The molecule has 5 nitrogen and oxygen atoms in total. The topological polar surface area (TPSA) is 82.2 Å². The van der Waals surface area contributed by atoms with Crippen molar-refractivity contribution in [1.29, 1.82) is 0 Å². The Hall–Kier alpha value is -1.86. The predicted molar refractivity (Wildman–Crippen MR) is 75.8 cm³/mol. The molecular weight excluding hydrogens is 354 g/mol. The van der Waals surface area contributed by atoms with E-state index in [9.17, 15) is 19.1 Å².